The first-order valence-electron chi connectivity index (χ1n) is 19.3. The molecule has 10 heteroatoms. The van der Waals surface area contributed by atoms with Gasteiger partial charge in [0.1, 0.15) is 0 Å². The van der Waals surface area contributed by atoms with Crippen molar-refractivity contribution in [1.29, 1.82) is 0 Å². The molecular weight excluding hydrogens is 681 g/mol. The van der Waals surface area contributed by atoms with Crippen LogP contribution >= 0.6 is 0 Å². The summed E-state index contributed by atoms with van der Waals surface area (Å²) in [6.45, 7) is 2.31. The second-order valence-electron chi connectivity index (χ2n) is 14.5. The molecule has 2 aliphatic heterocycles. The number of nitrogens with two attached hydrogens (primary N) is 1. The van der Waals surface area contributed by atoms with Crippen LogP contribution in [0, 0.1) is 0 Å². The molecule has 2 aliphatic rings. The van der Waals surface area contributed by atoms with E-state index in [-0.39, 0.29) is 43.3 Å². The fourth-order valence-corrected chi connectivity index (χ4v) is 7.37. The molecule has 6 N–H and O–H groups in total. The Morgan fingerprint density at radius 3 is 2.26 bits per heavy atom. The van der Waals surface area contributed by atoms with Crippen molar-refractivity contribution in [2.45, 2.75) is 95.5 Å². The van der Waals surface area contributed by atoms with Gasteiger partial charge in [-0.05, 0) is 78.2 Å². The lowest BCUT2D eigenvalue weighted by atomic mass is 9.98. The van der Waals surface area contributed by atoms with Crippen LogP contribution in [0.2, 0.25) is 0 Å². The molecule has 54 heavy (non-hydrogen) atoms. The molecule has 2 fully saturated rings. The Kier molecular flexibility index (Phi) is 14.2. The lowest BCUT2D eigenvalue weighted by Crippen LogP contribution is -2.42. The number of unbranched alkanes of at least 4 members (excludes halogenated alkanes) is 3. The van der Waals surface area contributed by atoms with Gasteiger partial charge < -0.3 is 36.1 Å². The Hall–Kier alpha value is -4.58. The Balaban J connectivity index is 0.979. The third-order valence-corrected chi connectivity index (χ3v) is 10.5. The maximum Gasteiger partial charge on any atom is 0.224 e. The number of amides is 2. The highest BCUT2D eigenvalue weighted by atomic mass is 16.7. The molecule has 0 unspecified atom stereocenters. The number of carbonyl (C=O) groups excluding carboxylic acids is 2. The van der Waals surface area contributed by atoms with Gasteiger partial charge >= 0.3 is 0 Å². The number of para-hydroxylation sites is 2. The molecule has 6 rings (SSSR count). The molecule has 0 bridgehead atoms. The summed E-state index contributed by atoms with van der Waals surface area (Å²) < 4.78 is 13.1. The van der Waals surface area contributed by atoms with Gasteiger partial charge in [-0.25, -0.2) is 0 Å². The number of anilines is 2. The summed E-state index contributed by atoms with van der Waals surface area (Å²) in [6.07, 6.45) is 6.20. The maximum absolute atomic E-state index is 12.6. The lowest BCUT2D eigenvalue weighted by Gasteiger charge is -2.38. The number of carbonyl (C=O) groups is 2. The van der Waals surface area contributed by atoms with Crippen LogP contribution in [0.3, 0.4) is 0 Å². The second kappa shape index (κ2) is 19.7. The maximum atomic E-state index is 12.6. The van der Waals surface area contributed by atoms with E-state index in [0.29, 0.717) is 37.2 Å². The normalized spacial score (nSPS) is 20.1. The van der Waals surface area contributed by atoms with Crippen molar-refractivity contribution in [3.8, 4) is 11.1 Å². The first-order chi connectivity index (χ1) is 26.4. The van der Waals surface area contributed by atoms with Crippen molar-refractivity contribution >= 4 is 23.2 Å². The Morgan fingerprint density at radius 2 is 1.52 bits per heavy atom. The van der Waals surface area contributed by atoms with Gasteiger partial charge in [0.05, 0.1) is 36.8 Å². The van der Waals surface area contributed by atoms with Crippen molar-refractivity contribution in [2.75, 3.05) is 30.7 Å². The monoisotopic (exact) mass is 734 g/mol. The van der Waals surface area contributed by atoms with Gasteiger partial charge in [0.15, 0.2) is 6.29 Å². The zero-order valence-electron chi connectivity index (χ0n) is 31.0. The highest BCUT2D eigenvalue weighted by Gasteiger charge is 2.35. The van der Waals surface area contributed by atoms with Crippen molar-refractivity contribution in [3.63, 3.8) is 0 Å². The van der Waals surface area contributed by atoms with E-state index < -0.39 is 6.29 Å². The van der Waals surface area contributed by atoms with Crippen molar-refractivity contribution in [2.24, 2.45) is 0 Å². The van der Waals surface area contributed by atoms with Crippen LogP contribution in [-0.2, 0) is 32.2 Å². The van der Waals surface area contributed by atoms with E-state index in [1.54, 1.807) is 12.1 Å². The van der Waals surface area contributed by atoms with E-state index in [9.17, 15) is 19.8 Å². The van der Waals surface area contributed by atoms with Gasteiger partial charge in [-0.15, -0.1) is 0 Å². The zero-order valence-corrected chi connectivity index (χ0v) is 31.0. The predicted molar refractivity (Wildman–Crippen MR) is 211 cm³/mol. The summed E-state index contributed by atoms with van der Waals surface area (Å²) in [5.41, 5.74) is 13.1. The number of nitrogens with one attached hydrogen (secondary N) is 2. The fraction of sp³-hybridized carbons (Fsp3) is 0.409. The minimum absolute atomic E-state index is 0.000236. The molecule has 0 spiro atoms. The van der Waals surface area contributed by atoms with Crippen molar-refractivity contribution < 1.29 is 29.3 Å². The molecule has 4 aromatic rings. The number of rotatable bonds is 17. The Labute approximate surface area is 318 Å². The summed E-state index contributed by atoms with van der Waals surface area (Å²) in [5, 5.41) is 25.4. The summed E-state index contributed by atoms with van der Waals surface area (Å²) in [5.74, 6) is -0.0290. The third kappa shape index (κ3) is 11.0. The van der Waals surface area contributed by atoms with E-state index in [1.807, 2.05) is 48.5 Å². The molecule has 4 atom stereocenters. The molecule has 0 aromatic heterocycles. The first-order valence-corrected chi connectivity index (χ1v) is 19.3. The predicted octanol–water partition coefficient (Wildman–Crippen LogP) is 7.03. The van der Waals surface area contributed by atoms with E-state index in [0.717, 1.165) is 85.0 Å². The summed E-state index contributed by atoms with van der Waals surface area (Å²) >= 11 is 0. The van der Waals surface area contributed by atoms with Crippen LogP contribution < -0.4 is 16.4 Å². The molecule has 10 nitrogen and oxygen atoms in total. The summed E-state index contributed by atoms with van der Waals surface area (Å²) in [7, 11) is 0. The van der Waals surface area contributed by atoms with Crippen LogP contribution in [0.15, 0.2) is 97.1 Å². The molecule has 0 radical (unpaired) electrons. The minimum atomic E-state index is -0.545. The molecule has 2 saturated heterocycles. The van der Waals surface area contributed by atoms with E-state index in [4.69, 9.17) is 15.2 Å². The van der Waals surface area contributed by atoms with Gasteiger partial charge in [0.2, 0.25) is 11.8 Å². The van der Waals surface area contributed by atoms with Gasteiger partial charge in [-0.2, -0.15) is 0 Å². The molecular formula is C44H54N4O6. The summed E-state index contributed by atoms with van der Waals surface area (Å²) in [4.78, 5) is 27.1. The first kappa shape index (κ1) is 39.1. The molecule has 2 heterocycles. The average Bonchev–Trinajstić information content (AvgIpc) is 3.66. The van der Waals surface area contributed by atoms with Gasteiger partial charge in [0, 0.05) is 44.0 Å². The van der Waals surface area contributed by atoms with Gasteiger partial charge in [-0.3, -0.25) is 14.5 Å². The second-order valence-corrected chi connectivity index (χ2v) is 14.5. The van der Waals surface area contributed by atoms with Crippen molar-refractivity contribution in [3.05, 3.63) is 119 Å². The fourth-order valence-electron chi connectivity index (χ4n) is 7.37. The number of hydrogen-bond donors (Lipinski definition) is 5. The number of nitrogen functional groups attached to an aromatic ring is 1. The number of aliphatic hydroxyl groups is 2. The van der Waals surface area contributed by atoms with Crippen molar-refractivity contribution in [1.82, 2.24) is 10.2 Å². The highest BCUT2D eigenvalue weighted by molar-refractivity contribution is 5.93. The van der Waals surface area contributed by atoms with E-state index >= 15 is 0 Å². The molecule has 4 aromatic carbocycles. The molecule has 0 aliphatic carbocycles. The number of ether oxygens (including phenoxy) is 2. The standard InChI is InChI=1S/C44H54N4O6/c45-39-12-5-6-13-40(39)47-43(52)15-4-2-1-3-14-42(51)46-27-32-9-7-10-36(25-32)33-20-22-35(23-21-33)44-53-38(28-48-24-8-11-37(48)30-50)26-41(54-44)34-18-16-31(29-49)17-19-34/h5-7,9-10,12-13,16-23,25,37-38,41,44,49-50H,1-4,8,11,14-15,24,26-30,45H2,(H,46,51)(H,47,52)/t37-,38-,41+,44+/m0/s1. The quantitative estimate of drug-likeness (QED) is 0.0575. The topological polar surface area (TPSA) is 146 Å². The number of benzene rings is 4. The Bertz CT molecular complexity index is 1800. The highest BCUT2D eigenvalue weighted by Crippen LogP contribution is 2.39. The van der Waals surface area contributed by atoms with E-state index in [2.05, 4.69) is 51.9 Å². The molecule has 0 saturated carbocycles. The average molecular weight is 735 g/mol. The van der Waals surface area contributed by atoms with Crippen LogP contribution in [-0.4, -0.2) is 58.8 Å². The van der Waals surface area contributed by atoms with Crippen LogP contribution in [0.1, 0.15) is 92.4 Å². The van der Waals surface area contributed by atoms with Gasteiger partial charge in [-0.1, -0.05) is 91.7 Å². The molecule has 2 amide bonds. The number of nitrogens with zero attached hydrogens (tertiary/aromatic N) is 1. The number of hydrogen-bond acceptors (Lipinski definition) is 8. The molecule has 286 valence electrons. The lowest BCUT2D eigenvalue weighted by molar-refractivity contribution is -0.253. The largest absolute Gasteiger partial charge is 0.397 e. The number of likely N-dealkylation sites (tertiary alicyclic amines) is 1. The SMILES string of the molecule is Nc1ccccc1NC(=O)CCCCCCC(=O)NCc1cccc(-c2ccc([C@@H]3O[C@H](CN4CCC[C@H]4CO)C[C@H](c4ccc(CO)cc4)O3)cc2)c1. The smallest absolute Gasteiger partial charge is 0.224 e. The number of aliphatic hydroxyl groups excluding tert-OH is 2. The van der Waals surface area contributed by atoms with Crippen LogP contribution in [0.25, 0.3) is 11.1 Å². The zero-order chi connectivity index (χ0) is 37.7. The third-order valence-electron chi connectivity index (χ3n) is 10.5. The minimum Gasteiger partial charge on any atom is -0.397 e. The van der Waals surface area contributed by atoms with Crippen LogP contribution in [0.4, 0.5) is 11.4 Å². The van der Waals surface area contributed by atoms with Crippen LogP contribution in [0.5, 0.6) is 0 Å². The van der Waals surface area contributed by atoms with E-state index in [1.165, 1.54) is 0 Å². The van der Waals surface area contributed by atoms with Gasteiger partial charge in [0.25, 0.3) is 0 Å². The Morgan fingerprint density at radius 1 is 0.778 bits per heavy atom. The summed E-state index contributed by atoms with van der Waals surface area (Å²) in [6, 6.07) is 31.8.